The number of piperazine rings is 1. The van der Waals surface area contributed by atoms with E-state index in [9.17, 15) is 4.79 Å². The third kappa shape index (κ3) is 5.01. The topological polar surface area (TPSA) is 35.6 Å². The van der Waals surface area contributed by atoms with Crippen molar-refractivity contribution in [2.75, 3.05) is 37.6 Å². The molecule has 1 saturated heterocycles. The fourth-order valence-corrected chi connectivity index (χ4v) is 3.55. The summed E-state index contributed by atoms with van der Waals surface area (Å²) in [7, 11) is 0. The predicted molar refractivity (Wildman–Crippen MR) is 108 cm³/mol. The van der Waals surface area contributed by atoms with E-state index in [-0.39, 0.29) is 6.03 Å². The molecule has 0 aliphatic carbocycles. The summed E-state index contributed by atoms with van der Waals surface area (Å²) in [6.07, 6.45) is 1.97. The normalized spacial score (nSPS) is 14.4. The largest absolute Gasteiger partial charge is 0.368 e. The maximum absolute atomic E-state index is 12.4. The van der Waals surface area contributed by atoms with Gasteiger partial charge in [0.05, 0.1) is 0 Å². The number of hydrogen-bond donors (Lipinski definition) is 1. The molecule has 1 aliphatic heterocycles. The van der Waals surface area contributed by atoms with Crippen molar-refractivity contribution in [2.24, 2.45) is 0 Å². The summed E-state index contributed by atoms with van der Waals surface area (Å²) in [5, 5.41) is 3.06. The first kappa shape index (κ1) is 18.3. The summed E-state index contributed by atoms with van der Waals surface area (Å²) in [4.78, 5) is 16.7. The van der Waals surface area contributed by atoms with Crippen molar-refractivity contribution in [3.63, 3.8) is 0 Å². The Bertz CT molecular complexity index is 701. The van der Waals surface area contributed by atoms with Crippen molar-refractivity contribution < 1.29 is 4.79 Å². The van der Waals surface area contributed by atoms with E-state index in [0.717, 1.165) is 45.6 Å². The fraction of sp³-hybridized carbons (Fsp3) is 0.409. The SMILES string of the molecule is Cc1cc(C)cc(N2CCN(C(=O)NCCCc3ccccc3)CC2)c1. The van der Waals surface area contributed by atoms with Gasteiger partial charge in [-0.1, -0.05) is 36.4 Å². The van der Waals surface area contributed by atoms with Gasteiger partial charge in [-0.25, -0.2) is 4.79 Å². The number of nitrogens with zero attached hydrogens (tertiary/aromatic N) is 2. The molecule has 4 heteroatoms. The molecule has 2 amide bonds. The van der Waals surface area contributed by atoms with Gasteiger partial charge in [0.15, 0.2) is 0 Å². The summed E-state index contributed by atoms with van der Waals surface area (Å²) in [6.45, 7) is 8.33. The second kappa shape index (κ2) is 8.75. The average Bonchev–Trinajstić information content (AvgIpc) is 2.65. The molecule has 138 valence electrons. The summed E-state index contributed by atoms with van der Waals surface area (Å²) in [5.41, 5.74) is 5.17. The number of anilines is 1. The summed E-state index contributed by atoms with van der Waals surface area (Å²) in [5.74, 6) is 0. The van der Waals surface area contributed by atoms with Crippen LogP contribution in [0.1, 0.15) is 23.1 Å². The molecule has 4 nitrogen and oxygen atoms in total. The molecule has 3 rings (SSSR count). The van der Waals surface area contributed by atoms with Gasteiger partial charge in [-0.15, -0.1) is 0 Å². The molecule has 1 N–H and O–H groups in total. The van der Waals surface area contributed by atoms with E-state index in [1.54, 1.807) is 0 Å². The molecule has 0 unspecified atom stereocenters. The Morgan fingerprint density at radius 3 is 2.27 bits per heavy atom. The van der Waals surface area contributed by atoms with Gasteiger partial charge in [0.2, 0.25) is 0 Å². The molecule has 0 spiro atoms. The number of benzene rings is 2. The molecule has 0 aromatic heterocycles. The van der Waals surface area contributed by atoms with Gasteiger partial charge in [-0.3, -0.25) is 0 Å². The van der Waals surface area contributed by atoms with Gasteiger partial charge < -0.3 is 15.1 Å². The van der Waals surface area contributed by atoms with Gasteiger partial charge in [0.25, 0.3) is 0 Å². The van der Waals surface area contributed by atoms with Crippen LogP contribution in [0.4, 0.5) is 10.5 Å². The molecular formula is C22H29N3O. The first-order valence-electron chi connectivity index (χ1n) is 9.52. The van der Waals surface area contributed by atoms with Crippen LogP contribution in [0.25, 0.3) is 0 Å². The number of rotatable bonds is 5. The van der Waals surface area contributed by atoms with E-state index in [0.29, 0.717) is 0 Å². The number of amides is 2. The summed E-state index contributed by atoms with van der Waals surface area (Å²) < 4.78 is 0. The highest BCUT2D eigenvalue weighted by Gasteiger charge is 2.21. The van der Waals surface area contributed by atoms with Crippen LogP contribution in [0.2, 0.25) is 0 Å². The predicted octanol–water partition coefficient (Wildman–Crippen LogP) is 3.77. The Morgan fingerprint density at radius 2 is 1.62 bits per heavy atom. The molecule has 1 heterocycles. The Morgan fingerprint density at radius 1 is 0.962 bits per heavy atom. The van der Waals surface area contributed by atoms with Crippen molar-refractivity contribution in [3.05, 3.63) is 65.2 Å². The molecule has 26 heavy (non-hydrogen) atoms. The third-order valence-corrected chi connectivity index (χ3v) is 4.90. The monoisotopic (exact) mass is 351 g/mol. The summed E-state index contributed by atoms with van der Waals surface area (Å²) in [6, 6.07) is 17.1. The van der Waals surface area contributed by atoms with Gasteiger partial charge in [-0.2, -0.15) is 0 Å². The number of nitrogens with one attached hydrogen (secondary N) is 1. The highest BCUT2D eigenvalue weighted by Crippen LogP contribution is 2.20. The van der Waals surface area contributed by atoms with Crippen molar-refractivity contribution in [1.82, 2.24) is 10.2 Å². The molecular weight excluding hydrogens is 322 g/mol. The van der Waals surface area contributed by atoms with E-state index >= 15 is 0 Å². The van der Waals surface area contributed by atoms with Gasteiger partial charge in [0, 0.05) is 38.4 Å². The Balaban J connectivity index is 1.40. The average molecular weight is 351 g/mol. The van der Waals surface area contributed by atoms with Crippen molar-refractivity contribution in [3.8, 4) is 0 Å². The Hall–Kier alpha value is -2.49. The van der Waals surface area contributed by atoms with Gasteiger partial charge in [-0.05, 0) is 55.5 Å². The van der Waals surface area contributed by atoms with Crippen LogP contribution in [0.3, 0.4) is 0 Å². The maximum atomic E-state index is 12.4. The van der Waals surface area contributed by atoms with E-state index in [4.69, 9.17) is 0 Å². The van der Waals surface area contributed by atoms with Crippen molar-refractivity contribution in [1.29, 1.82) is 0 Å². The fourth-order valence-electron chi connectivity index (χ4n) is 3.55. The lowest BCUT2D eigenvalue weighted by Gasteiger charge is -2.36. The van der Waals surface area contributed by atoms with Crippen molar-refractivity contribution >= 4 is 11.7 Å². The molecule has 1 fully saturated rings. The lowest BCUT2D eigenvalue weighted by Crippen LogP contribution is -2.52. The second-order valence-corrected chi connectivity index (χ2v) is 7.14. The third-order valence-electron chi connectivity index (χ3n) is 4.90. The minimum absolute atomic E-state index is 0.0677. The van der Waals surface area contributed by atoms with E-state index in [2.05, 4.69) is 66.5 Å². The zero-order chi connectivity index (χ0) is 18.4. The molecule has 2 aromatic carbocycles. The second-order valence-electron chi connectivity index (χ2n) is 7.14. The van der Waals surface area contributed by atoms with Crippen LogP contribution in [-0.4, -0.2) is 43.7 Å². The van der Waals surface area contributed by atoms with Gasteiger partial charge in [0.1, 0.15) is 0 Å². The highest BCUT2D eigenvalue weighted by atomic mass is 16.2. The van der Waals surface area contributed by atoms with E-state index in [1.807, 2.05) is 11.0 Å². The van der Waals surface area contributed by atoms with E-state index in [1.165, 1.54) is 22.4 Å². The van der Waals surface area contributed by atoms with Gasteiger partial charge >= 0.3 is 6.03 Å². The quantitative estimate of drug-likeness (QED) is 0.833. The zero-order valence-corrected chi connectivity index (χ0v) is 15.9. The maximum Gasteiger partial charge on any atom is 0.317 e. The number of carbonyl (C=O) groups excluding carboxylic acids is 1. The molecule has 0 saturated carbocycles. The van der Waals surface area contributed by atoms with Crippen LogP contribution in [-0.2, 0) is 6.42 Å². The number of hydrogen-bond acceptors (Lipinski definition) is 2. The molecule has 1 aliphatic rings. The highest BCUT2D eigenvalue weighted by molar-refractivity contribution is 5.74. The Labute approximate surface area is 156 Å². The number of carbonyl (C=O) groups is 1. The van der Waals surface area contributed by atoms with Crippen LogP contribution in [0, 0.1) is 13.8 Å². The smallest absolute Gasteiger partial charge is 0.317 e. The first-order chi connectivity index (χ1) is 12.6. The minimum atomic E-state index is 0.0677. The first-order valence-corrected chi connectivity index (χ1v) is 9.52. The van der Waals surface area contributed by atoms with Crippen molar-refractivity contribution in [2.45, 2.75) is 26.7 Å². The van der Waals surface area contributed by atoms with Crippen LogP contribution in [0.15, 0.2) is 48.5 Å². The lowest BCUT2D eigenvalue weighted by atomic mass is 10.1. The standard InChI is InChI=1S/C22H29N3O/c1-18-15-19(2)17-21(16-18)24-11-13-25(14-12-24)22(26)23-10-6-9-20-7-4-3-5-8-20/h3-5,7-8,15-17H,6,9-14H2,1-2H3,(H,23,26). The molecule has 0 atom stereocenters. The summed E-state index contributed by atoms with van der Waals surface area (Å²) >= 11 is 0. The number of aryl methyl sites for hydroxylation is 3. The van der Waals surface area contributed by atoms with Crippen LogP contribution in [0.5, 0.6) is 0 Å². The molecule has 0 bridgehead atoms. The van der Waals surface area contributed by atoms with E-state index < -0.39 is 0 Å². The molecule has 0 radical (unpaired) electrons. The molecule has 2 aromatic rings. The minimum Gasteiger partial charge on any atom is -0.368 e. The lowest BCUT2D eigenvalue weighted by molar-refractivity contribution is 0.194. The van der Waals surface area contributed by atoms with Crippen LogP contribution >= 0.6 is 0 Å². The van der Waals surface area contributed by atoms with Crippen LogP contribution < -0.4 is 10.2 Å². The number of urea groups is 1. The zero-order valence-electron chi connectivity index (χ0n) is 15.9. The Kier molecular flexibility index (Phi) is 6.16.